The SMILES string of the molecule is C=CC1=C(C)[C@@H](Cc2[nH]c(Cc3[nH]c(/C=C4\NC(=O)[C@H](C)[C@H]4[C@H]4C[SH+]4)c(C)c3CCC(=O)O)c([C@@H](O)CC(=O)O)c2C)NC1=O. The van der Waals surface area contributed by atoms with Crippen molar-refractivity contribution in [3.8, 4) is 0 Å². The molecule has 2 amide bonds. The molecule has 11 nitrogen and oxygen atoms in total. The third kappa shape index (κ3) is 6.53. The summed E-state index contributed by atoms with van der Waals surface area (Å²) in [6.45, 7) is 11.3. The van der Waals surface area contributed by atoms with Gasteiger partial charge in [-0.3, -0.25) is 19.2 Å². The first-order chi connectivity index (χ1) is 21.3. The maximum Gasteiger partial charge on any atom is 0.306 e. The zero-order chi connectivity index (χ0) is 32.7. The summed E-state index contributed by atoms with van der Waals surface area (Å²) in [5.41, 5.74) is 8.02. The van der Waals surface area contributed by atoms with E-state index in [-0.39, 0.29) is 49.0 Å². The molecule has 7 N–H and O–H groups in total. The van der Waals surface area contributed by atoms with Gasteiger partial charge in [-0.05, 0) is 67.3 Å². The van der Waals surface area contributed by atoms with Gasteiger partial charge in [0.1, 0.15) is 0 Å². The van der Waals surface area contributed by atoms with Crippen molar-refractivity contribution in [3.63, 3.8) is 0 Å². The minimum Gasteiger partial charge on any atom is -0.481 e. The van der Waals surface area contributed by atoms with Crippen LogP contribution in [-0.4, -0.2) is 66.1 Å². The van der Waals surface area contributed by atoms with Crippen molar-refractivity contribution in [2.45, 2.75) is 77.2 Å². The third-order valence-electron chi connectivity index (χ3n) is 9.43. The van der Waals surface area contributed by atoms with Gasteiger partial charge in [0.05, 0.1) is 24.5 Å². The van der Waals surface area contributed by atoms with Crippen LogP contribution in [0.3, 0.4) is 0 Å². The maximum atomic E-state index is 12.6. The van der Waals surface area contributed by atoms with Crippen molar-refractivity contribution >= 4 is 41.6 Å². The highest BCUT2D eigenvalue weighted by Crippen LogP contribution is 2.39. The number of amides is 2. The fourth-order valence-electron chi connectivity index (χ4n) is 6.82. The summed E-state index contributed by atoms with van der Waals surface area (Å²) in [5.74, 6) is -1.23. The second-order valence-electron chi connectivity index (χ2n) is 12.3. The lowest BCUT2D eigenvalue weighted by Crippen LogP contribution is -2.30. The largest absolute Gasteiger partial charge is 0.481 e. The van der Waals surface area contributed by atoms with Crippen LogP contribution in [0.15, 0.2) is 29.5 Å². The van der Waals surface area contributed by atoms with Gasteiger partial charge in [-0.2, -0.15) is 0 Å². The molecule has 0 aromatic carbocycles. The number of hydrogen-bond acceptors (Lipinski definition) is 5. The minimum absolute atomic E-state index is 0.000853. The molecule has 3 aliphatic heterocycles. The molecule has 5 heterocycles. The standard InChI is InChI=1S/C33H40N4O7S/c1-6-18-14(2)21(36-33(18)44)9-22-16(4)30(26(38)12-29(41)42)24(35-22)11-23-19(7-8-28(39)40)15(3)20(34-23)10-25-31(27-13-45-27)17(5)32(43)37-25/h6,10,17,21,26-27,31,34-35,38H,1,7-9,11-13H2,2-5H3,(H,36,44)(H,37,43)(H,39,40)(H,41,42)/p+1/b25-10-/t17-,21-,26+,27-,31-/m1/s1. The first-order valence-corrected chi connectivity index (χ1v) is 16.3. The summed E-state index contributed by atoms with van der Waals surface area (Å²) in [7, 11) is 0. The highest BCUT2D eigenvalue weighted by molar-refractivity contribution is 7.86. The molecule has 3 aliphatic rings. The number of aliphatic carboxylic acids is 2. The molecule has 0 unspecified atom stereocenters. The number of nitrogens with one attached hydrogen (secondary N) is 4. The molecular formula is C33H41N4O7S+. The van der Waals surface area contributed by atoms with E-state index in [1.165, 1.54) is 17.8 Å². The number of carboxylic acids is 2. The Morgan fingerprint density at radius 1 is 1.07 bits per heavy atom. The Hall–Kier alpha value is -4.03. The Bertz CT molecular complexity index is 1640. The summed E-state index contributed by atoms with van der Waals surface area (Å²) < 4.78 is 0. The Balaban J connectivity index is 1.54. The molecule has 5 rings (SSSR count). The highest BCUT2D eigenvalue weighted by Gasteiger charge is 2.52. The van der Waals surface area contributed by atoms with Gasteiger partial charge in [-0.25, -0.2) is 0 Å². The zero-order valence-electron chi connectivity index (χ0n) is 25.9. The molecule has 0 radical (unpaired) electrons. The van der Waals surface area contributed by atoms with Crippen LogP contribution in [0, 0.1) is 25.7 Å². The predicted octanol–water partition coefficient (Wildman–Crippen LogP) is 2.54. The van der Waals surface area contributed by atoms with E-state index in [0.29, 0.717) is 34.1 Å². The van der Waals surface area contributed by atoms with Crippen LogP contribution in [0.5, 0.6) is 0 Å². The summed E-state index contributed by atoms with van der Waals surface area (Å²) in [5, 5.41) is 36.5. The van der Waals surface area contributed by atoms with Crippen molar-refractivity contribution in [1.82, 2.24) is 20.6 Å². The van der Waals surface area contributed by atoms with Gasteiger partial charge >= 0.3 is 11.9 Å². The van der Waals surface area contributed by atoms with E-state index in [0.717, 1.165) is 45.2 Å². The summed E-state index contributed by atoms with van der Waals surface area (Å²) in [4.78, 5) is 55.1. The molecule has 2 saturated heterocycles. The van der Waals surface area contributed by atoms with Crippen molar-refractivity contribution in [2.75, 3.05) is 5.75 Å². The number of thiol groups is 1. The lowest BCUT2D eigenvalue weighted by Gasteiger charge is -2.13. The Labute approximate surface area is 265 Å². The van der Waals surface area contributed by atoms with Crippen molar-refractivity contribution < 1.29 is 34.5 Å². The normalized spacial score (nSPS) is 24.2. The van der Waals surface area contributed by atoms with Crippen molar-refractivity contribution in [3.05, 3.63) is 74.5 Å². The lowest BCUT2D eigenvalue weighted by molar-refractivity contribution is -0.139. The molecule has 2 fully saturated rings. The second kappa shape index (κ2) is 12.8. The molecule has 2 aromatic heterocycles. The fourth-order valence-corrected chi connectivity index (χ4v) is 7.81. The third-order valence-corrected chi connectivity index (χ3v) is 10.5. The van der Waals surface area contributed by atoms with Gasteiger partial charge < -0.3 is 35.9 Å². The van der Waals surface area contributed by atoms with Crippen LogP contribution in [0.2, 0.25) is 0 Å². The monoisotopic (exact) mass is 637 g/mol. The predicted molar refractivity (Wildman–Crippen MR) is 172 cm³/mol. The number of aromatic amines is 2. The molecule has 0 spiro atoms. The number of carboxylic acid groups (broad SMARTS) is 2. The van der Waals surface area contributed by atoms with Crippen LogP contribution in [0.25, 0.3) is 6.08 Å². The number of H-pyrrole nitrogens is 2. The number of carbonyl (C=O) groups excluding carboxylic acids is 2. The minimum atomic E-state index is -1.28. The number of hydrogen-bond donors (Lipinski definition) is 7. The van der Waals surface area contributed by atoms with Gasteiger partial charge in [-0.15, -0.1) is 0 Å². The smallest absolute Gasteiger partial charge is 0.306 e. The van der Waals surface area contributed by atoms with Crippen LogP contribution in [0.1, 0.15) is 77.8 Å². The number of carbonyl (C=O) groups is 4. The van der Waals surface area contributed by atoms with E-state index in [2.05, 4.69) is 27.2 Å². The Kier molecular flexibility index (Phi) is 9.18. The second-order valence-corrected chi connectivity index (χ2v) is 13.7. The molecule has 5 atom stereocenters. The van der Waals surface area contributed by atoms with Crippen LogP contribution >= 0.6 is 0 Å². The topological polar surface area (TPSA) is 185 Å². The molecule has 12 heteroatoms. The van der Waals surface area contributed by atoms with Gasteiger partial charge in [0.2, 0.25) is 5.91 Å². The average molecular weight is 638 g/mol. The summed E-state index contributed by atoms with van der Waals surface area (Å²) in [6, 6.07) is -0.292. The molecule has 45 heavy (non-hydrogen) atoms. The van der Waals surface area contributed by atoms with Crippen molar-refractivity contribution in [2.24, 2.45) is 11.8 Å². The van der Waals surface area contributed by atoms with Gasteiger partial charge in [0, 0.05) is 64.8 Å². The lowest BCUT2D eigenvalue weighted by atomic mass is 9.91. The van der Waals surface area contributed by atoms with E-state index in [9.17, 15) is 34.5 Å². The molecule has 2 aromatic rings. The fraction of sp³-hybridized carbons (Fsp3) is 0.455. The number of rotatable bonds is 13. The average Bonchev–Trinajstić information content (AvgIpc) is 3.52. The molecule has 0 saturated carbocycles. The number of allylic oxidation sites excluding steroid dienone is 1. The first-order valence-electron chi connectivity index (χ1n) is 15.2. The number of aliphatic hydroxyl groups is 1. The number of aromatic nitrogens is 2. The van der Waals surface area contributed by atoms with E-state index in [1.807, 2.05) is 33.8 Å². The molecular weight excluding hydrogens is 596 g/mol. The van der Waals surface area contributed by atoms with Crippen LogP contribution in [0.4, 0.5) is 0 Å². The Morgan fingerprint density at radius 2 is 1.78 bits per heavy atom. The molecule has 0 bridgehead atoms. The number of aliphatic hydroxyl groups excluding tert-OH is 1. The molecule has 0 aliphatic carbocycles. The van der Waals surface area contributed by atoms with E-state index >= 15 is 0 Å². The van der Waals surface area contributed by atoms with Gasteiger partial charge in [-0.1, -0.05) is 19.6 Å². The quantitative estimate of drug-likeness (QED) is 0.1000. The summed E-state index contributed by atoms with van der Waals surface area (Å²) in [6.07, 6.45) is 2.56. The van der Waals surface area contributed by atoms with Crippen LogP contribution < -0.4 is 10.6 Å². The van der Waals surface area contributed by atoms with Crippen LogP contribution in [-0.2, 0) is 50.2 Å². The van der Waals surface area contributed by atoms with Crippen molar-refractivity contribution in [1.29, 1.82) is 0 Å². The van der Waals surface area contributed by atoms with E-state index in [1.54, 1.807) is 0 Å². The maximum absolute atomic E-state index is 12.6. The van der Waals surface area contributed by atoms with E-state index < -0.39 is 24.5 Å². The van der Waals surface area contributed by atoms with Gasteiger partial charge in [0.15, 0.2) is 11.0 Å². The first kappa shape index (κ1) is 32.4. The van der Waals surface area contributed by atoms with Gasteiger partial charge in [0.25, 0.3) is 5.91 Å². The molecule has 240 valence electrons. The zero-order valence-corrected chi connectivity index (χ0v) is 26.8. The highest BCUT2D eigenvalue weighted by atomic mass is 32.2. The van der Waals surface area contributed by atoms with E-state index in [4.69, 9.17) is 0 Å². The Morgan fingerprint density at radius 3 is 2.38 bits per heavy atom. The summed E-state index contributed by atoms with van der Waals surface area (Å²) >= 11 is 1.33.